The normalized spacial score (nSPS) is 12.6. The summed E-state index contributed by atoms with van der Waals surface area (Å²) >= 11 is 0. The second kappa shape index (κ2) is 5.10. The summed E-state index contributed by atoms with van der Waals surface area (Å²) in [5.41, 5.74) is 3.62. The van der Waals surface area contributed by atoms with Gasteiger partial charge < -0.3 is 5.32 Å². The highest BCUT2D eigenvalue weighted by atomic mass is 15.3. The van der Waals surface area contributed by atoms with Crippen LogP contribution in [-0.2, 0) is 7.05 Å². The first kappa shape index (κ1) is 11.8. The molecule has 0 radical (unpaired) electrons. The molecule has 1 N–H and O–H groups in total. The molecule has 0 aliphatic rings. The molecule has 0 aromatic carbocycles. The molecule has 90 valence electrons. The van der Waals surface area contributed by atoms with Crippen molar-refractivity contribution in [1.29, 1.82) is 0 Å². The smallest absolute Gasteiger partial charge is 0.0751 e. The molecule has 1 unspecified atom stereocenters. The molecule has 2 aromatic heterocycles. The van der Waals surface area contributed by atoms with E-state index < -0.39 is 0 Å². The lowest BCUT2D eigenvalue weighted by atomic mass is 10.0. The lowest BCUT2D eigenvalue weighted by Crippen LogP contribution is -2.25. The summed E-state index contributed by atoms with van der Waals surface area (Å²) < 4.78 is 1.91. The van der Waals surface area contributed by atoms with Crippen molar-refractivity contribution in [1.82, 2.24) is 20.1 Å². The lowest BCUT2D eigenvalue weighted by molar-refractivity contribution is 0.570. The largest absolute Gasteiger partial charge is 0.305 e. The van der Waals surface area contributed by atoms with Crippen molar-refractivity contribution in [2.75, 3.05) is 6.54 Å². The van der Waals surface area contributed by atoms with Crippen LogP contribution in [0.15, 0.2) is 30.7 Å². The van der Waals surface area contributed by atoms with E-state index >= 15 is 0 Å². The van der Waals surface area contributed by atoms with Crippen LogP contribution in [0, 0.1) is 6.92 Å². The Hall–Kier alpha value is -1.68. The minimum absolute atomic E-state index is 0.176. The minimum atomic E-state index is 0.176. The van der Waals surface area contributed by atoms with Gasteiger partial charge in [0.05, 0.1) is 11.7 Å². The molecular weight excluding hydrogens is 212 g/mol. The van der Waals surface area contributed by atoms with E-state index in [1.54, 1.807) is 0 Å². The molecule has 17 heavy (non-hydrogen) atoms. The molecule has 0 aliphatic heterocycles. The molecular formula is C13H18N4. The number of aromatic nitrogens is 3. The molecule has 0 spiro atoms. The zero-order chi connectivity index (χ0) is 12.3. The third-order valence-corrected chi connectivity index (χ3v) is 2.94. The third-order valence-electron chi connectivity index (χ3n) is 2.94. The Labute approximate surface area is 102 Å². The van der Waals surface area contributed by atoms with Crippen molar-refractivity contribution in [3.63, 3.8) is 0 Å². The third kappa shape index (κ3) is 2.36. The van der Waals surface area contributed by atoms with Crippen LogP contribution in [0.3, 0.4) is 0 Å². The van der Waals surface area contributed by atoms with Crippen LogP contribution < -0.4 is 5.32 Å². The van der Waals surface area contributed by atoms with E-state index in [4.69, 9.17) is 0 Å². The maximum Gasteiger partial charge on any atom is 0.0751 e. The topological polar surface area (TPSA) is 42.7 Å². The van der Waals surface area contributed by atoms with Gasteiger partial charge in [-0.05, 0) is 36.7 Å². The molecule has 0 bridgehead atoms. The number of hydrogen-bond donors (Lipinski definition) is 1. The molecule has 2 rings (SSSR count). The lowest BCUT2D eigenvalue weighted by Gasteiger charge is -2.20. The van der Waals surface area contributed by atoms with Gasteiger partial charge in [-0.1, -0.05) is 6.92 Å². The van der Waals surface area contributed by atoms with Gasteiger partial charge in [0.1, 0.15) is 0 Å². The average molecular weight is 230 g/mol. The van der Waals surface area contributed by atoms with Crippen LogP contribution in [0.5, 0.6) is 0 Å². The zero-order valence-electron chi connectivity index (χ0n) is 10.5. The van der Waals surface area contributed by atoms with Gasteiger partial charge in [0.2, 0.25) is 0 Å². The van der Waals surface area contributed by atoms with Crippen LogP contribution in [0.2, 0.25) is 0 Å². The first-order valence-electron chi connectivity index (χ1n) is 5.85. The summed E-state index contributed by atoms with van der Waals surface area (Å²) in [6, 6.07) is 4.29. The molecule has 2 heterocycles. The van der Waals surface area contributed by atoms with Crippen LogP contribution in [0.25, 0.3) is 0 Å². The van der Waals surface area contributed by atoms with Crippen molar-refractivity contribution in [2.45, 2.75) is 19.9 Å². The zero-order valence-corrected chi connectivity index (χ0v) is 10.5. The van der Waals surface area contributed by atoms with Gasteiger partial charge in [-0.3, -0.25) is 9.67 Å². The number of hydrogen-bond acceptors (Lipinski definition) is 3. The number of nitrogens with one attached hydrogen (secondary N) is 1. The number of aryl methyl sites for hydroxylation is 2. The van der Waals surface area contributed by atoms with Gasteiger partial charge >= 0.3 is 0 Å². The van der Waals surface area contributed by atoms with E-state index in [1.807, 2.05) is 36.4 Å². The van der Waals surface area contributed by atoms with Gasteiger partial charge in [0, 0.05) is 25.6 Å². The van der Waals surface area contributed by atoms with Crippen LogP contribution >= 0.6 is 0 Å². The number of rotatable bonds is 4. The fourth-order valence-electron chi connectivity index (χ4n) is 2.05. The van der Waals surface area contributed by atoms with E-state index in [0.717, 1.165) is 6.54 Å². The first-order valence-corrected chi connectivity index (χ1v) is 5.85. The Morgan fingerprint density at radius 2 is 2.18 bits per heavy atom. The van der Waals surface area contributed by atoms with Crippen molar-refractivity contribution in [3.8, 4) is 0 Å². The highest BCUT2D eigenvalue weighted by Gasteiger charge is 2.17. The van der Waals surface area contributed by atoms with E-state index in [0.29, 0.717) is 0 Å². The molecule has 0 saturated carbocycles. The molecule has 2 aromatic rings. The second-order valence-electron chi connectivity index (χ2n) is 4.10. The molecule has 4 nitrogen and oxygen atoms in total. The maximum atomic E-state index is 4.24. The Bertz CT molecular complexity index is 490. The monoisotopic (exact) mass is 230 g/mol. The molecule has 0 amide bonds. The first-order chi connectivity index (χ1) is 8.24. The summed E-state index contributed by atoms with van der Waals surface area (Å²) in [5.74, 6) is 0. The predicted octanol–water partition coefficient (Wildman–Crippen LogP) is 1.82. The maximum absolute atomic E-state index is 4.24. The summed E-state index contributed by atoms with van der Waals surface area (Å²) in [5, 5.41) is 7.73. The van der Waals surface area contributed by atoms with Crippen LogP contribution in [0.4, 0.5) is 0 Å². The van der Waals surface area contributed by atoms with Gasteiger partial charge in [0.25, 0.3) is 0 Å². The number of pyridine rings is 1. The molecule has 0 saturated heterocycles. The van der Waals surface area contributed by atoms with Gasteiger partial charge in [-0.25, -0.2) is 0 Å². The molecule has 4 heteroatoms. The van der Waals surface area contributed by atoms with E-state index in [-0.39, 0.29) is 6.04 Å². The van der Waals surface area contributed by atoms with Gasteiger partial charge in [0.15, 0.2) is 0 Å². The Balaban J connectivity index is 2.43. The average Bonchev–Trinajstić information content (AvgIpc) is 2.74. The van der Waals surface area contributed by atoms with Crippen molar-refractivity contribution < 1.29 is 0 Å². The predicted molar refractivity (Wildman–Crippen MR) is 67.7 cm³/mol. The summed E-state index contributed by atoms with van der Waals surface area (Å²) in [6.07, 6.45) is 5.56. The summed E-state index contributed by atoms with van der Waals surface area (Å²) in [7, 11) is 1.97. The molecule has 0 fully saturated rings. The number of nitrogens with zero attached hydrogens (tertiary/aromatic N) is 3. The minimum Gasteiger partial charge on any atom is -0.305 e. The Kier molecular flexibility index (Phi) is 3.54. The van der Waals surface area contributed by atoms with Crippen molar-refractivity contribution >= 4 is 0 Å². The fraction of sp³-hybridized carbons (Fsp3) is 0.385. The standard InChI is InChI=1S/C13H18N4/c1-4-15-13(12-6-8-16-17(12)3)11-5-7-14-9-10(11)2/h5-9,13,15H,4H2,1-3H3. The fourth-order valence-corrected chi connectivity index (χ4v) is 2.05. The van der Waals surface area contributed by atoms with Gasteiger partial charge in [-0.15, -0.1) is 0 Å². The highest BCUT2D eigenvalue weighted by molar-refractivity contribution is 5.32. The highest BCUT2D eigenvalue weighted by Crippen LogP contribution is 2.23. The van der Waals surface area contributed by atoms with Crippen LogP contribution in [-0.4, -0.2) is 21.3 Å². The van der Waals surface area contributed by atoms with E-state index in [9.17, 15) is 0 Å². The van der Waals surface area contributed by atoms with E-state index in [2.05, 4.69) is 35.3 Å². The van der Waals surface area contributed by atoms with Crippen molar-refractivity contribution in [3.05, 3.63) is 47.5 Å². The Morgan fingerprint density at radius 1 is 1.35 bits per heavy atom. The molecule has 0 aliphatic carbocycles. The SMILES string of the molecule is CCNC(c1ccncc1C)c1ccnn1C. The quantitative estimate of drug-likeness (QED) is 0.871. The second-order valence-corrected chi connectivity index (χ2v) is 4.10. The van der Waals surface area contributed by atoms with Crippen molar-refractivity contribution in [2.24, 2.45) is 7.05 Å². The van der Waals surface area contributed by atoms with E-state index in [1.165, 1.54) is 16.8 Å². The van der Waals surface area contributed by atoms with Gasteiger partial charge in [-0.2, -0.15) is 5.10 Å². The summed E-state index contributed by atoms with van der Waals surface area (Å²) in [4.78, 5) is 4.14. The Morgan fingerprint density at radius 3 is 2.76 bits per heavy atom. The summed E-state index contributed by atoms with van der Waals surface area (Å²) in [6.45, 7) is 5.11. The van der Waals surface area contributed by atoms with Crippen LogP contribution in [0.1, 0.15) is 29.8 Å². The molecule has 1 atom stereocenters.